The third-order valence-electron chi connectivity index (χ3n) is 3.97. The van der Waals surface area contributed by atoms with Crippen LogP contribution < -0.4 is 17.0 Å². The molecule has 11 nitrogen and oxygen atoms in total. The summed E-state index contributed by atoms with van der Waals surface area (Å²) in [7, 11) is 1.24. The number of carbonyl (C=O) groups excluding carboxylic acids is 1. The largest absolute Gasteiger partial charge is 0.386 e. The van der Waals surface area contributed by atoms with Crippen molar-refractivity contribution in [1.82, 2.24) is 29.3 Å². The zero-order valence-electron chi connectivity index (χ0n) is 14.9. The quantitative estimate of drug-likeness (QED) is 0.537. The Labute approximate surface area is 166 Å². The van der Waals surface area contributed by atoms with E-state index in [1.165, 1.54) is 23.2 Å². The minimum absolute atomic E-state index is 0.0397. The first-order chi connectivity index (χ1) is 13.2. The number of primary amides is 1. The molecule has 3 aromatic rings. The molecule has 0 spiro atoms. The Bertz CT molecular complexity index is 1140. The average Bonchev–Trinajstić information content (AvgIpc) is 3.21. The molecule has 0 unspecified atom stereocenters. The lowest BCUT2D eigenvalue weighted by atomic mass is 10.3. The SMILES string of the molecule is Cc1sc([C@@H](O)Cn2nnc(Cn3cc(C(N)=O)c(=O)n(C)c3=O)n2)cc1Cl. The molecule has 0 fully saturated rings. The zero-order chi connectivity index (χ0) is 20.6. The maximum atomic E-state index is 12.2. The fourth-order valence-electron chi connectivity index (χ4n) is 2.47. The van der Waals surface area contributed by atoms with Crippen LogP contribution in [0.1, 0.15) is 32.0 Å². The number of aliphatic hydroxyl groups is 1. The van der Waals surface area contributed by atoms with Crippen molar-refractivity contribution in [1.29, 1.82) is 0 Å². The number of halogens is 1. The first kappa shape index (κ1) is 19.9. The van der Waals surface area contributed by atoms with Gasteiger partial charge in [0.15, 0.2) is 5.82 Å². The Kier molecular flexibility index (Phi) is 5.45. The molecule has 0 saturated carbocycles. The summed E-state index contributed by atoms with van der Waals surface area (Å²) in [5.41, 5.74) is 3.41. The molecule has 0 bridgehead atoms. The third kappa shape index (κ3) is 3.88. The molecule has 148 valence electrons. The second-order valence-electron chi connectivity index (χ2n) is 6.01. The number of rotatable bonds is 6. The molecule has 1 atom stereocenters. The molecular weight excluding hydrogens is 410 g/mol. The maximum Gasteiger partial charge on any atom is 0.331 e. The number of hydrogen-bond donors (Lipinski definition) is 2. The van der Waals surface area contributed by atoms with E-state index in [0.29, 0.717) is 9.90 Å². The summed E-state index contributed by atoms with van der Waals surface area (Å²) < 4.78 is 1.86. The van der Waals surface area contributed by atoms with Gasteiger partial charge in [0.25, 0.3) is 11.5 Å². The molecule has 13 heteroatoms. The van der Waals surface area contributed by atoms with E-state index in [4.69, 9.17) is 17.3 Å². The van der Waals surface area contributed by atoms with E-state index in [0.717, 1.165) is 20.2 Å². The molecule has 3 heterocycles. The topological polar surface area (TPSA) is 151 Å². The van der Waals surface area contributed by atoms with Crippen LogP contribution in [0, 0.1) is 6.92 Å². The molecule has 0 saturated heterocycles. The first-order valence-electron chi connectivity index (χ1n) is 7.98. The number of thiophene rings is 1. The first-order valence-corrected chi connectivity index (χ1v) is 9.17. The van der Waals surface area contributed by atoms with Crippen molar-refractivity contribution in [3.05, 3.63) is 59.3 Å². The molecule has 1 amide bonds. The van der Waals surface area contributed by atoms with E-state index < -0.39 is 23.3 Å². The van der Waals surface area contributed by atoms with Gasteiger partial charge in [0, 0.05) is 23.0 Å². The number of hydrogen-bond acceptors (Lipinski definition) is 8. The Morgan fingerprint density at radius 1 is 1.43 bits per heavy atom. The van der Waals surface area contributed by atoms with E-state index in [1.54, 1.807) is 6.07 Å². The van der Waals surface area contributed by atoms with Crippen LogP contribution in [0.25, 0.3) is 0 Å². The van der Waals surface area contributed by atoms with Gasteiger partial charge in [-0.05, 0) is 18.2 Å². The second-order valence-corrected chi connectivity index (χ2v) is 7.71. The standard InChI is InChI=1S/C15H16ClN7O4S/c1-7-9(16)3-11(28-7)10(24)5-23-19-12(18-20-23)6-22-4-8(13(17)25)14(26)21(2)15(22)27/h3-4,10,24H,5-6H2,1-2H3,(H2,17,25)/t10-/m0/s1. The van der Waals surface area contributed by atoms with Crippen LogP contribution >= 0.6 is 22.9 Å². The Morgan fingerprint density at radius 2 is 2.14 bits per heavy atom. The highest BCUT2D eigenvalue weighted by molar-refractivity contribution is 7.12. The minimum Gasteiger partial charge on any atom is -0.386 e. The number of aromatic nitrogens is 6. The monoisotopic (exact) mass is 425 g/mol. The third-order valence-corrected chi connectivity index (χ3v) is 5.62. The lowest BCUT2D eigenvalue weighted by Gasteiger charge is -2.07. The number of nitrogens with two attached hydrogens (primary N) is 1. The highest BCUT2D eigenvalue weighted by atomic mass is 35.5. The number of carbonyl (C=O) groups is 1. The van der Waals surface area contributed by atoms with E-state index in [2.05, 4.69) is 15.4 Å². The summed E-state index contributed by atoms with van der Waals surface area (Å²) in [4.78, 5) is 38.2. The van der Waals surface area contributed by atoms with Gasteiger partial charge in [0.1, 0.15) is 11.7 Å². The van der Waals surface area contributed by atoms with Gasteiger partial charge in [-0.15, -0.1) is 21.5 Å². The molecule has 0 aliphatic carbocycles. The van der Waals surface area contributed by atoms with Gasteiger partial charge in [-0.2, -0.15) is 4.80 Å². The predicted octanol–water partition coefficient (Wildman–Crippen LogP) is -0.562. The van der Waals surface area contributed by atoms with E-state index >= 15 is 0 Å². The highest BCUT2D eigenvalue weighted by Gasteiger charge is 2.17. The highest BCUT2D eigenvalue weighted by Crippen LogP contribution is 2.30. The Morgan fingerprint density at radius 3 is 2.75 bits per heavy atom. The second kappa shape index (κ2) is 7.66. The van der Waals surface area contributed by atoms with Gasteiger partial charge in [-0.25, -0.2) is 4.79 Å². The van der Waals surface area contributed by atoms with Gasteiger partial charge >= 0.3 is 5.69 Å². The number of tetrazole rings is 1. The van der Waals surface area contributed by atoms with Crippen molar-refractivity contribution >= 4 is 28.8 Å². The lowest BCUT2D eigenvalue weighted by Crippen LogP contribution is -2.42. The predicted molar refractivity (Wildman–Crippen MR) is 100 cm³/mol. The van der Waals surface area contributed by atoms with Crippen LogP contribution in [0.4, 0.5) is 0 Å². The van der Waals surface area contributed by atoms with Crippen molar-refractivity contribution in [3.8, 4) is 0 Å². The summed E-state index contributed by atoms with van der Waals surface area (Å²) in [6, 6.07) is 1.68. The molecule has 3 N–H and O–H groups in total. The summed E-state index contributed by atoms with van der Waals surface area (Å²) in [5.74, 6) is -0.789. The number of nitrogens with zero attached hydrogens (tertiary/aromatic N) is 6. The molecule has 3 rings (SSSR count). The molecule has 0 radical (unpaired) electrons. The molecule has 0 aliphatic heterocycles. The van der Waals surface area contributed by atoms with Gasteiger partial charge < -0.3 is 10.8 Å². The van der Waals surface area contributed by atoms with Gasteiger partial charge in [-0.3, -0.25) is 18.7 Å². The number of amides is 1. The minimum atomic E-state index is -0.945. The van der Waals surface area contributed by atoms with Crippen LogP contribution in [0.2, 0.25) is 5.02 Å². The van der Waals surface area contributed by atoms with Crippen LogP contribution in [0.3, 0.4) is 0 Å². The fourth-order valence-corrected chi connectivity index (χ4v) is 3.66. The number of aryl methyl sites for hydroxylation is 1. The fraction of sp³-hybridized carbons (Fsp3) is 0.333. The molecule has 0 aromatic carbocycles. The summed E-state index contributed by atoms with van der Waals surface area (Å²) in [6.45, 7) is 1.76. The normalized spacial score (nSPS) is 12.3. The molecule has 3 aromatic heterocycles. The molecule has 0 aliphatic rings. The van der Waals surface area contributed by atoms with Gasteiger partial charge in [0.05, 0.1) is 18.1 Å². The van der Waals surface area contributed by atoms with Gasteiger partial charge in [0.2, 0.25) is 0 Å². The van der Waals surface area contributed by atoms with E-state index in [1.807, 2.05) is 6.92 Å². The van der Waals surface area contributed by atoms with Crippen LogP contribution in [-0.4, -0.2) is 40.4 Å². The number of aliphatic hydroxyl groups excluding tert-OH is 1. The van der Waals surface area contributed by atoms with Crippen LogP contribution in [-0.2, 0) is 20.1 Å². The van der Waals surface area contributed by atoms with Crippen molar-refractivity contribution < 1.29 is 9.90 Å². The van der Waals surface area contributed by atoms with E-state index in [9.17, 15) is 19.5 Å². The van der Waals surface area contributed by atoms with Gasteiger partial charge in [-0.1, -0.05) is 11.6 Å². The average molecular weight is 426 g/mol. The van der Waals surface area contributed by atoms with Crippen molar-refractivity contribution in [2.24, 2.45) is 12.8 Å². The Balaban J connectivity index is 1.81. The molecule has 28 heavy (non-hydrogen) atoms. The maximum absolute atomic E-state index is 12.2. The van der Waals surface area contributed by atoms with Crippen LogP contribution in [0.15, 0.2) is 21.9 Å². The van der Waals surface area contributed by atoms with Crippen LogP contribution in [0.5, 0.6) is 0 Å². The molecular formula is C15H16ClN7O4S. The summed E-state index contributed by atoms with van der Waals surface area (Å²) >= 11 is 7.37. The van der Waals surface area contributed by atoms with Crippen molar-refractivity contribution in [2.75, 3.05) is 0 Å². The van der Waals surface area contributed by atoms with Crippen molar-refractivity contribution in [3.63, 3.8) is 0 Å². The zero-order valence-corrected chi connectivity index (χ0v) is 16.4. The Hall–Kier alpha value is -2.83. The summed E-state index contributed by atoms with van der Waals surface area (Å²) in [5, 5.41) is 22.7. The summed E-state index contributed by atoms with van der Waals surface area (Å²) in [6.07, 6.45) is 0.193. The smallest absolute Gasteiger partial charge is 0.331 e. The lowest BCUT2D eigenvalue weighted by molar-refractivity contribution is 0.0997. The van der Waals surface area contributed by atoms with E-state index in [-0.39, 0.29) is 24.5 Å². The van der Waals surface area contributed by atoms with Crippen molar-refractivity contribution in [2.45, 2.75) is 26.1 Å².